The number of anilines is 1. The number of methoxy groups -OCH3 is 4. The molecule has 0 radical (unpaired) electrons. The summed E-state index contributed by atoms with van der Waals surface area (Å²) < 4.78 is 21.0. The SMILES string of the molecule is COc1ccc(NC(=S)c2ccc(OC)c(OC)c2)cc1OC. The molecule has 0 atom stereocenters. The molecule has 0 aliphatic heterocycles. The molecule has 122 valence electrons. The third kappa shape index (κ3) is 3.84. The number of hydrogen-bond donors (Lipinski definition) is 1. The van der Waals surface area contributed by atoms with Crippen LogP contribution < -0.4 is 24.3 Å². The molecule has 0 aliphatic carbocycles. The summed E-state index contributed by atoms with van der Waals surface area (Å²) in [6, 6.07) is 11.0. The van der Waals surface area contributed by atoms with Crippen LogP contribution in [0, 0.1) is 0 Å². The summed E-state index contributed by atoms with van der Waals surface area (Å²) in [7, 11) is 6.37. The number of benzene rings is 2. The van der Waals surface area contributed by atoms with E-state index in [1.54, 1.807) is 28.4 Å². The van der Waals surface area contributed by atoms with E-state index in [2.05, 4.69) is 5.32 Å². The van der Waals surface area contributed by atoms with E-state index in [-0.39, 0.29) is 0 Å². The van der Waals surface area contributed by atoms with Gasteiger partial charge in [-0.3, -0.25) is 0 Å². The van der Waals surface area contributed by atoms with Crippen molar-refractivity contribution in [3.05, 3.63) is 42.0 Å². The van der Waals surface area contributed by atoms with E-state index in [1.165, 1.54) is 0 Å². The molecular weight excluding hydrogens is 314 g/mol. The first-order valence-corrected chi connectivity index (χ1v) is 7.29. The number of thiocarbonyl (C=S) groups is 1. The lowest BCUT2D eigenvalue weighted by Crippen LogP contribution is -2.11. The van der Waals surface area contributed by atoms with Gasteiger partial charge in [0, 0.05) is 17.3 Å². The molecule has 0 fully saturated rings. The normalized spacial score (nSPS) is 9.91. The van der Waals surface area contributed by atoms with Crippen molar-refractivity contribution in [1.29, 1.82) is 0 Å². The largest absolute Gasteiger partial charge is 0.493 e. The fraction of sp³-hybridized carbons (Fsp3) is 0.235. The van der Waals surface area contributed by atoms with E-state index in [0.29, 0.717) is 28.0 Å². The fourth-order valence-electron chi connectivity index (χ4n) is 2.09. The predicted octanol–water partition coefficient (Wildman–Crippen LogP) is 3.51. The highest BCUT2D eigenvalue weighted by Gasteiger charge is 2.10. The monoisotopic (exact) mass is 333 g/mol. The summed E-state index contributed by atoms with van der Waals surface area (Å²) in [4.78, 5) is 0.568. The third-order valence-electron chi connectivity index (χ3n) is 3.29. The summed E-state index contributed by atoms with van der Waals surface area (Å²) >= 11 is 5.45. The van der Waals surface area contributed by atoms with Crippen LogP contribution in [0.25, 0.3) is 0 Å². The Morgan fingerprint density at radius 3 is 1.83 bits per heavy atom. The van der Waals surface area contributed by atoms with E-state index in [0.717, 1.165) is 11.3 Å². The molecule has 1 N–H and O–H groups in total. The Morgan fingerprint density at radius 1 is 0.739 bits per heavy atom. The number of hydrogen-bond acceptors (Lipinski definition) is 5. The zero-order valence-electron chi connectivity index (χ0n) is 13.5. The van der Waals surface area contributed by atoms with Crippen LogP contribution in [0.4, 0.5) is 5.69 Å². The second-order valence-corrected chi connectivity index (χ2v) is 5.00. The number of rotatable bonds is 6. The topological polar surface area (TPSA) is 49.0 Å². The van der Waals surface area contributed by atoms with Crippen LogP contribution in [0.3, 0.4) is 0 Å². The van der Waals surface area contributed by atoms with Gasteiger partial charge >= 0.3 is 0 Å². The van der Waals surface area contributed by atoms with Gasteiger partial charge < -0.3 is 24.3 Å². The van der Waals surface area contributed by atoms with Crippen molar-refractivity contribution in [3.63, 3.8) is 0 Å². The van der Waals surface area contributed by atoms with Gasteiger partial charge in [-0.1, -0.05) is 12.2 Å². The summed E-state index contributed by atoms with van der Waals surface area (Å²) in [5, 5.41) is 3.17. The Morgan fingerprint density at radius 2 is 1.26 bits per heavy atom. The van der Waals surface area contributed by atoms with Crippen molar-refractivity contribution in [3.8, 4) is 23.0 Å². The zero-order chi connectivity index (χ0) is 16.8. The van der Waals surface area contributed by atoms with Crippen molar-refractivity contribution in [2.45, 2.75) is 0 Å². The van der Waals surface area contributed by atoms with Crippen LogP contribution >= 0.6 is 12.2 Å². The quantitative estimate of drug-likeness (QED) is 0.817. The molecule has 0 saturated carbocycles. The van der Waals surface area contributed by atoms with Gasteiger partial charge in [-0.2, -0.15) is 0 Å². The highest BCUT2D eigenvalue weighted by atomic mass is 32.1. The standard InChI is InChI=1S/C17H19NO4S/c1-19-13-7-5-11(9-15(13)21-3)17(23)18-12-6-8-14(20-2)16(10-12)22-4/h5-10H,1-4H3,(H,18,23). The molecule has 0 heterocycles. The average Bonchev–Trinajstić information content (AvgIpc) is 2.60. The van der Waals surface area contributed by atoms with Gasteiger partial charge in [0.2, 0.25) is 0 Å². The summed E-state index contributed by atoms with van der Waals surface area (Å²) in [5.74, 6) is 2.58. The van der Waals surface area contributed by atoms with Gasteiger partial charge in [0.15, 0.2) is 23.0 Å². The van der Waals surface area contributed by atoms with Crippen molar-refractivity contribution in [1.82, 2.24) is 0 Å². The van der Waals surface area contributed by atoms with Gasteiger partial charge in [-0.25, -0.2) is 0 Å². The van der Waals surface area contributed by atoms with Crippen molar-refractivity contribution in [2.75, 3.05) is 33.8 Å². The molecular formula is C17H19NO4S. The van der Waals surface area contributed by atoms with E-state index in [9.17, 15) is 0 Å². The second kappa shape index (κ2) is 7.69. The lowest BCUT2D eigenvalue weighted by Gasteiger charge is -2.13. The minimum atomic E-state index is 0.568. The Bertz CT molecular complexity index is 703. The summed E-state index contributed by atoms with van der Waals surface area (Å²) in [5.41, 5.74) is 1.63. The first-order chi connectivity index (χ1) is 11.1. The minimum Gasteiger partial charge on any atom is -0.493 e. The Balaban J connectivity index is 2.22. The first kappa shape index (κ1) is 16.9. The highest BCUT2D eigenvalue weighted by Crippen LogP contribution is 2.31. The Hall–Kier alpha value is -2.47. The van der Waals surface area contributed by atoms with E-state index in [1.807, 2.05) is 36.4 Å². The lowest BCUT2D eigenvalue weighted by atomic mass is 10.2. The fourth-order valence-corrected chi connectivity index (χ4v) is 2.34. The van der Waals surface area contributed by atoms with Crippen LogP contribution in [0.2, 0.25) is 0 Å². The van der Waals surface area contributed by atoms with Crippen molar-refractivity contribution >= 4 is 22.9 Å². The van der Waals surface area contributed by atoms with Gasteiger partial charge in [0.25, 0.3) is 0 Å². The predicted molar refractivity (Wildman–Crippen MR) is 94.4 cm³/mol. The highest BCUT2D eigenvalue weighted by molar-refractivity contribution is 7.81. The maximum atomic E-state index is 5.45. The van der Waals surface area contributed by atoms with Crippen LogP contribution in [0.1, 0.15) is 5.56 Å². The molecule has 2 rings (SSSR count). The molecule has 0 aromatic heterocycles. The van der Waals surface area contributed by atoms with Crippen LogP contribution in [-0.2, 0) is 0 Å². The molecule has 0 aliphatic rings. The number of nitrogens with one attached hydrogen (secondary N) is 1. The van der Waals surface area contributed by atoms with Crippen LogP contribution in [0.5, 0.6) is 23.0 Å². The summed E-state index contributed by atoms with van der Waals surface area (Å²) in [6.45, 7) is 0. The lowest BCUT2D eigenvalue weighted by molar-refractivity contribution is 0.355. The van der Waals surface area contributed by atoms with E-state index in [4.69, 9.17) is 31.2 Å². The molecule has 2 aromatic rings. The maximum Gasteiger partial charge on any atom is 0.162 e. The van der Waals surface area contributed by atoms with Gasteiger partial charge in [0.1, 0.15) is 4.99 Å². The molecule has 5 nitrogen and oxygen atoms in total. The van der Waals surface area contributed by atoms with E-state index >= 15 is 0 Å². The molecule has 0 unspecified atom stereocenters. The van der Waals surface area contributed by atoms with Crippen LogP contribution in [-0.4, -0.2) is 33.4 Å². The minimum absolute atomic E-state index is 0.568. The molecule has 0 amide bonds. The van der Waals surface area contributed by atoms with Crippen molar-refractivity contribution in [2.24, 2.45) is 0 Å². The van der Waals surface area contributed by atoms with Crippen molar-refractivity contribution < 1.29 is 18.9 Å². The van der Waals surface area contributed by atoms with E-state index < -0.39 is 0 Å². The number of ether oxygens (including phenoxy) is 4. The zero-order valence-corrected chi connectivity index (χ0v) is 14.3. The average molecular weight is 333 g/mol. The Kier molecular flexibility index (Phi) is 5.65. The first-order valence-electron chi connectivity index (χ1n) is 6.88. The maximum absolute atomic E-state index is 5.45. The third-order valence-corrected chi connectivity index (χ3v) is 3.62. The molecule has 23 heavy (non-hydrogen) atoms. The molecule has 0 saturated heterocycles. The smallest absolute Gasteiger partial charge is 0.162 e. The molecule has 2 aromatic carbocycles. The Labute approximate surface area is 141 Å². The summed E-state index contributed by atoms with van der Waals surface area (Å²) in [6.07, 6.45) is 0. The second-order valence-electron chi connectivity index (χ2n) is 4.59. The van der Waals surface area contributed by atoms with Gasteiger partial charge in [0.05, 0.1) is 28.4 Å². The molecule has 6 heteroatoms. The molecule has 0 spiro atoms. The van der Waals surface area contributed by atoms with Gasteiger partial charge in [-0.15, -0.1) is 0 Å². The van der Waals surface area contributed by atoms with Crippen LogP contribution in [0.15, 0.2) is 36.4 Å². The van der Waals surface area contributed by atoms with Gasteiger partial charge in [-0.05, 0) is 30.3 Å². The molecule has 0 bridgehead atoms.